The Hall–Kier alpha value is -2.54. The molecule has 33 heavy (non-hydrogen) atoms. The molecule has 3 aromatic rings. The van der Waals surface area contributed by atoms with Gasteiger partial charge >= 0.3 is 5.97 Å². The van der Waals surface area contributed by atoms with Crippen molar-refractivity contribution in [1.82, 2.24) is 9.88 Å². The molecule has 0 bridgehead atoms. The van der Waals surface area contributed by atoms with E-state index in [2.05, 4.69) is 22.0 Å². The van der Waals surface area contributed by atoms with E-state index in [0.717, 1.165) is 22.3 Å². The fourth-order valence-electron chi connectivity index (χ4n) is 3.65. The van der Waals surface area contributed by atoms with Crippen LogP contribution >= 0.6 is 12.4 Å². The largest absolute Gasteiger partial charge is 0.491 e. The Bertz CT molecular complexity index is 1080. The van der Waals surface area contributed by atoms with Crippen molar-refractivity contribution >= 4 is 29.3 Å². The number of rotatable bonds is 8. The average Bonchev–Trinajstić information content (AvgIpc) is 3.02. The zero-order valence-corrected chi connectivity index (χ0v) is 21.1. The smallest absolute Gasteiger partial charge is 0.340 e. The van der Waals surface area contributed by atoms with Crippen molar-refractivity contribution in [2.45, 2.75) is 53.2 Å². The fourth-order valence-corrected chi connectivity index (χ4v) is 3.65. The van der Waals surface area contributed by atoms with Gasteiger partial charge in [-0.3, -0.25) is 0 Å². The van der Waals surface area contributed by atoms with Gasteiger partial charge in [-0.05, 0) is 71.9 Å². The lowest BCUT2D eigenvalue weighted by molar-refractivity contribution is 0.0527. The second-order valence-corrected chi connectivity index (χ2v) is 9.13. The Balaban J connectivity index is 0.00000385. The number of benzene rings is 2. The van der Waals surface area contributed by atoms with Crippen molar-refractivity contribution in [2.24, 2.45) is 0 Å². The minimum atomic E-state index is -0.645. The van der Waals surface area contributed by atoms with E-state index in [9.17, 15) is 9.90 Å². The van der Waals surface area contributed by atoms with Crippen LogP contribution in [0.15, 0.2) is 42.5 Å². The molecule has 0 amide bonds. The quantitative estimate of drug-likeness (QED) is 0.451. The van der Waals surface area contributed by atoms with E-state index < -0.39 is 6.10 Å². The number of aliphatic hydroxyl groups excluding tert-OH is 1. The normalized spacial score (nSPS) is 12.3. The molecule has 0 radical (unpaired) electrons. The van der Waals surface area contributed by atoms with Crippen molar-refractivity contribution in [1.29, 1.82) is 0 Å². The van der Waals surface area contributed by atoms with Gasteiger partial charge in [0.1, 0.15) is 18.5 Å². The van der Waals surface area contributed by atoms with Crippen LogP contribution in [0.2, 0.25) is 0 Å². The van der Waals surface area contributed by atoms with E-state index in [1.807, 2.05) is 65.0 Å². The van der Waals surface area contributed by atoms with E-state index in [1.54, 1.807) is 6.92 Å². The molecule has 1 unspecified atom stereocenters. The molecule has 3 rings (SSSR count). The molecule has 2 aromatic carbocycles. The summed E-state index contributed by atoms with van der Waals surface area (Å²) in [5.41, 5.74) is 4.31. The third-order valence-corrected chi connectivity index (χ3v) is 5.26. The molecule has 0 fully saturated rings. The molecule has 6 nitrogen and oxygen atoms in total. The lowest BCUT2D eigenvalue weighted by Crippen LogP contribution is -2.42. The molecule has 0 aliphatic rings. The SMILES string of the molecule is CCOC(=O)c1c(C)n(-c2ccc(C)cc2)c2ccc(OCC(O)CNC(C)(C)C)cc12.Cl. The molecular weight excluding hydrogens is 440 g/mol. The van der Waals surface area contributed by atoms with Crippen LogP contribution in [0.4, 0.5) is 0 Å². The predicted octanol–water partition coefficient (Wildman–Crippen LogP) is 4.97. The second kappa shape index (κ2) is 11.1. The number of nitrogens with one attached hydrogen (secondary N) is 1. The molecule has 180 valence electrons. The summed E-state index contributed by atoms with van der Waals surface area (Å²) < 4.78 is 13.3. The molecule has 0 aliphatic carbocycles. The van der Waals surface area contributed by atoms with Crippen molar-refractivity contribution in [3.8, 4) is 11.4 Å². The second-order valence-electron chi connectivity index (χ2n) is 9.13. The van der Waals surface area contributed by atoms with Gasteiger partial charge in [0, 0.05) is 28.9 Å². The molecule has 0 saturated heterocycles. The minimum absolute atomic E-state index is 0. The summed E-state index contributed by atoms with van der Waals surface area (Å²) in [6.45, 7) is 12.8. The van der Waals surface area contributed by atoms with E-state index in [4.69, 9.17) is 9.47 Å². The zero-order valence-electron chi connectivity index (χ0n) is 20.3. The number of ether oxygens (including phenoxy) is 2. The molecule has 1 heterocycles. The summed E-state index contributed by atoms with van der Waals surface area (Å²) in [7, 11) is 0. The van der Waals surface area contributed by atoms with Crippen molar-refractivity contribution < 1.29 is 19.4 Å². The van der Waals surface area contributed by atoms with E-state index in [0.29, 0.717) is 24.5 Å². The van der Waals surface area contributed by atoms with Gasteiger partial charge in [-0.1, -0.05) is 17.7 Å². The van der Waals surface area contributed by atoms with Gasteiger partial charge in [0.05, 0.1) is 17.7 Å². The topological polar surface area (TPSA) is 72.7 Å². The summed E-state index contributed by atoms with van der Waals surface area (Å²) in [4.78, 5) is 12.8. The molecule has 0 spiro atoms. The fraction of sp³-hybridized carbons (Fsp3) is 0.423. The number of fused-ring (bicyclic) bond motifs is 1. The van der Waals surface area contributed by atoms with Crippen molar-refractivity contribution in [3.05, 3.63) is 59.3 Å². The number of carbonyl (C=O) groups is 1. The highest BCUT2D eigenvalue weighted by Gasteiger charge is 2.22. The molecule has 1 atom stereocenters. The summed E-state index contributed by atoms with van der Waals surface area (Å²) >= 11 is 0. The molecule has 0 aliphatic heterocycles. The number of aliphatic hydroxyl groups is 1. The molecular formula is C26H35ClN2O4. The highest BCUT2D eigenvalue weighted by atomic mass is 35.5. The Kier molecular flexibility index (Phi) is 8.95. The van der Waals surface area contributed by atoms with Crippen LogP contribution in [-0.2, 0) is 4.74 Å². The monoisotopic (exact) mass is 474 g/mol. The summed E-state index contributed by atoms with van der Waals surface area (Å²) in [6.07, 6.45) is -0.645. The Morgan fingerprint density at radius 2 is 1.79 bits per heavy atom. The number of aryl methyl sites for hydroxylation is 1. The van der Waals surface area contributed by atoms with Crippen LogP contribution in [0, 0.1) is 13.8 Å². The Morgan fingerprint density at radius 3 is 2.39 bits per heavy atom. The number of carbonyl (C=O) groups excluding carboxylic acids is 1. The lowest BCUT2D eigenvalue weighted by atomic mass is 10.1. The van der Waals surface area contributed by atoms with Crippen LogP contribution in [0.3, 0.4) is 0 Å². The third kappa shape index (κ3) is 6.50. The third-order valence-electron chi connectivity index (χ3n) is 5.26. The molecule has 2 N–H and O–H groups in total. The maximum Gasteiger partial charge on any atom is 0.340 e. The highest BCUT2D eigenvalue weighted by Crippen LogP contribution is 2.32. The van der Waals surface area contributed by atoms with Crippen LogP contribution in [0.25, 0.3) is 16.6 Å². The van der Waals surface area contributed by atoms with Gasteiger partial charge in [-0.25, -0.2) is 4.79 Å². The zero-order chi connectivity index (χ0) is 23.5. The van der Waals surface area contributed by atoms with Gasteiger partial charge in [-0.15, -0.1) is 12.4 Å². The van der Waals surface area contributed by atoms with Crippen LogP contribution in [0.5, 0.6) is 5.75 Å². The van der Waals surface area contributed by atoms with E-state index >= 15 is 0 Å². The first-order chi connectivity index (χ1) is 15.1. The maximum absolute atomic E-state index is 12.8. The number of esters is 1. The Morgan fingerprint density at radius 1 is 1.12 bits per heavy atom. The van der Waals surface area contributed by atoms with Crippen molar-refractivity contribution in [3.63, 3.8) is 0 Å². The molecule has 7 heteroatoms. The molecule has 0 saturated carbocycles. The van der Waals surface area contributed by atoms with Crippen LogP contribution < -0.4 is 10.1 Å². The molecule has 1 aromatic heterocycles. The summed E-state index contributed by atoms with van der Waals surface area (Å²) in [6, 6.07) is 13.8. The first-order valence-electron chi connectivity index (χ1n) is 11.1. The van der Waals surface area contributed by atoms with E-state index in [-0.39, 0.29) is 30.5 Å². The highest BCUT2D eigenvalue weighted by molar-refractivity contribution is 6.07. The summed E-state index contributed by atoms with van der Waals surface area (Å²) in [5.74, 6) is 0.242. The van der Waals surface area contributed by atoms with Gasteiger partial charge in [0.2, 0.25) is 0 Å². The maximum atomic E-state index is 12.8. The van der Waals surface area contributed by atoms with Gasteiger partial charge < -0.3 is 24.5 Å². The minimum Gasteiger partial charge on any atom is -0.491 e. The van der Waals surface area contributed by atoms with Gasteiger partial charge in [-0.2, -0.15) is 0 Å². The Labute approximate surface area is 202 Å². The number of β-amino-alcohol motifs (C(OH)–C–C–N with tert-alkyl or cyclic N) is 1. The first-order valence-corrected chi connectivity index (χ1v) is 11.1. The number of halogens is 1. The van der Waals surface area contributed by atoms with Crippen molar-refractivity contribution in [2.75, 3.05) is 19.8 Å². The standard InChI is InChI=1S/C26H34N2O4.ClH/c1-7-31-25(30)24-18(3)28(19-10-8-17(2)9-11-19)23-13-12-21(14-22(23)24)32-16-20(29)15-27-26(4,5)6;/h8-14,20,27,29H,7,15-16H2,1-6H3;1H. The van der Waals surface area contributed by atoms with Gasteiger partial charge in [0.25, 0.3) is 0 Å². The van der Waals surface area contributed by atoms with Crippen LogP contribution in [-0.4, -0.2) is 47.0 Å². The number of nitrogens with zero attached hydrogens (tertiary/aromatic N) is 1. The van der Waals surface area contributed by atoms with Crippen LogP contribution in [0.1, 0.15) is 49.3 Å². The number of hydrogen-bond acceptors (Lipinski definition) is 5. The first kappa shape index (κ1) is 26.7. The summed E-state index contributed by atoms with van der Waals surface area (Å²) in [5, 5.41) is 14.3. The lowest BCUT2D eigenvalue weighted by Gasteiger charge is -2.23. The van der Waals surface area contributed by atoms with Gasteiger partial charge in [0.15, 0.2) is 0 Å². The number of hydrogen-bond donors (Lipinski definition) is 2. The predicted molar refractivity (Wildman–Crippen MR) is 135 cm³/mol. The van der Waals surface area contributed by atoms with E-state index in [1.165, 1.54) is 5.56 Å². The average molecular weight is 475 g/mol. The number of aromatic nitrogens is 1.